The zero-order valence-corrected chi connectivity index (χ0v) is 7.85. The molecule has 2 N–H and O–H groups in total. The summed E-state index contributed by atoms with van der Waals surface area (Å²) in [5.41, 5.74) is 5.43. The molecule has 0 saturated carbocycles. The summed E-state index contributed by atoms with van der Waals surface area (Å²) in [6.45, 7) is 0.334. The van der Waals surface area contributed by atoms with Crippen molar-refractivity contribution >= 4 is 11.3 Å². The lowest BCUT2D eigenvalue weighted by molar-refractivity contribution is 0.114. The molecular formula is C7H10F2N2OS. The molecule has 13 heavy (non-hydrogen) atoms. The largest absolute Gasteiger partial charge is 0.378 e. The smallest absolute Gasteiger partial charge is 0.259 e. The molecule has 1 rings (SSSR count). The van der Waals surface area contributed by atoms with Crippen molar-refractivity contribution in [3.63, 3.8) is 0 Å². The fourth-order valence-electron chi connectivity index (χ4n) is 0.797. The van der Waals surface area contributed by atoms with Gasteiger partial charge in [0.15, 0.2) is 0 Å². The molecule has 1 atom stereocenters. The van der Waals surface area contributed by atoms with Gasteiger partial charge in [-0.25, -0.2) is 13.8 Å². The Morgan fingerprint density at radius 1 is 1.69 bits per heavy atom. The molecule has 0 fully saturated rings. The molecule has 1 aromatic rings. The average Bonchev–Trinajstić information content (AvgIpc) is 2.52. The third-order valence-electron chi connectivity index (χ3n) is 1.45. The lowest BCUT2D eigenvalue weighted by Crippen LogP contribution is -2.19. The Kier molecular flexibility index (Phi) is 3.71. The molecule has 0 aliphatic heterocycles. The number of hydrogen-bond acceptors (Lipinski definition) is 4. The quantitative estimate of drug-likeness (QED) is 0.816. The second-order valence-corrected chi connectivity index (χ2v) is 3.40. The number of nitrogens with two attached hydrogens (primary N) is 1. The van der Waals surface area contributed by atoms with Crippen LogP contribution in [0.5, 0.6) is 0 Å². The van der Waals surface area contributed by atoms with Gasteiger partial charge >= 0.3 is 0 Å². The topological polar surface area (TPSA) is 48.1 Å². The molecule has 1 aromatic heterocycles. The zero-order valence-electron chi connectivity index (χ0n) is 7.04. The number of ether oxygens (including phenoxy) is 1. The molecule has 0 saturated heterocycles. The maximum Gasteiger partial charge on any atom is 0.259 e. The first-order valence-corrected chi connectivity index (χ1v) is 4.50. The molecule has 0 aromatic carbocycles. The van der Waals surface area contributed by atoms with Gasteiger partial charge in [0, 0.05) is 12.5 Å². The summed E-state index contributed by atoms with van der Waals surface area (Å²) in [5, 5.41) is 2.19. The van der Waals surface area contributed by atoms with Gasteiger partial charge in [-0.05, 0) is 0 Å². The van der Waals surface area contributed by atoms with E-state index in [1.165, 1.54) is 23.8 Å². The first-order chi connectivity index (χ1) is 6.15. The van der Waals surface area contributed by atoms with E-state index in [9.17, 15) is 8.78 Å². The van der Waals surface area contributed by atoms with Crippen LogP contribution in [-0.4, -0.2) is 18.5 Å². The van der Waals surface area contributed by atoms with E-state index in [0.717, 1.165) is 0 Å². The van der Waals surface area contributed by atoms with Gasteiger partial charge in [-0.3, -0.25) is 0 Å². The van der Waals surface area contributed by atoms with Crippen molar-refractivity contribution in [2.45, 2.75) is 19.1 Å². The molecule has 0 aliphatic rings. The molecule has 1 heterocycles. The van der Waals surface area contributed by atoms with Crippen molar-refractivity contribution in [3.8, 4) is 0 Å². The van der Waals surface area contributed by atoms with Crippen LogP contribution in [0.25, 0.3) is 0 Å². The van der Waals surface area contributed by atoms with E-state index in [1.54, 1.807) is 0 Å². The van der Waals surface area contributed by atoms with Gasteiger partial charge in [0.2, 0.25) is 0 Å². The van der Waals surface area contributed by atoms with Crippen molar-refractivity contribution in [2.24, 2.45) is 5.73 Å². The fraction of sp³-hybridized carbons (Fsp3) is 0.571. The van der Waals surface area contributed by atoms with E-state index >= 15 is 0 Å². The Morgan fingerprint density at radius 3 is 2.92 bits per heavy atom. The summed E-state index contributed by atoms with van der Waals surface area (Å²) in [6, 6.07) is -1.29. The minimum Gasteiger partial charge on any atom is -0.378 e. The molecule has 0 aliphatic carbocycles. The molecule has 0 amide bonds. The Hall–Kier alpha value is -0.590. The number of halogens is 2. The maximum absolute atomic E-state index is 12.1. The third-order valence-corrected chi connectivity index (χ3v) is 2.29. The number of methoxy groups -OCH3 is 1. The summed E-state index contributed by atoms with van der Waals surface area (Å²) >= 11 is 1.27. The fourth-order valence-corrected chi connectivity index (χ4v) is 1.61. The predicted molar refractivity (Wildman–Crippen MR) is 45.8 cm³/mol. The Bertz CT molecular complexity index is 267. The van der Waals surface area contributed by atoms with Gasteiger partial charge in [0.1, 0.15) is 11.0 Å². The van der Waals surface area contributed by atoms with Crippen LogP contribution in [0.1, 0.15) is 16.7 Å². The van der Waals surface area contributed by atoms with E-state index < -0.39 is 12.5 Å². The van der Waals surface area contributed by atoms with Gasteiger partial charge in [-0.15, -0.1) is 11.3 Å². The van der Waals surface area contributed by atoms with Crippen molar-refractivity contribution in [1.29, 1.82) is 0 Å². The van der Waals surface area contributed by atoms with Crippen LogP contribution in [-0.2, 0) is 11.3 Å². The van der Waals surface area contributed by atoms with E-state index in [1.807, 2.05) is 0 Å². The highest BCUT2D eigenvalue weighted by Gasteiger charge is 2.20. The van der Waals surface area contributed by atoms with Crippen LogP contribution in [0.3, 0.4) is 0 Å². The SMILES string of the molecule is COCc1nc(C(N)C(F)F)cs1. The zero-order chi connectivity index (χ0) is 9.84. The molecule has 1 unspecified atom stereocenters. The second-order valence-electron chi connectivity index (χ2n) is 2.46. The van der Waals surface area contributed by atoms with Gasteiger partial charge in [0.05, 0.1) is 12.3 Å². The van der Waals surface area contributed by atoms with Crippen molar-refractivity contribution < 1.29 is 13.5 Å². The predicted octanol–water partition coefficient (Wildman–Crippen LogP) is 1.55. The first kappa shape index (κ1) is 10.5. The standard InChI is InChI=1S/C7H10F2N2OS/c1-12-2-5-11-4(3-13-5)6(10)7(8)9/h3,6-7H,2,10H2,1H3. The molecular weight excluding hydrogens is 198 g/mol. The van der Waals surface area contributed by atoms with Gasteiger partial charge in [0.25, 0.3) is 6.43 Å². The van der Waals surface area contributed by atoms with Crippen molar-refractivity contribution in [2.75, 3.05) is 7.11 Å². The Balaban J connectivity index is 2.67. The van der Waals surface area contributed by atoms with Gasteiger partial charge < -0.3 is 10.5 Å². The Labute approximate surface area is 78.5 Å². The second kappa shape index (κ2) is 4.59. The molecule has 0 radical (unpaired) electrons. The number of thiazole rings is 1. The maximum atomic E-state index is 12.1. The number of aromatic nitrogens is 1. The van der Waals surface area contributed by atoms with Crippen LogP contribution < -0.4 is 5.73 Å². The van der Waals surface area contributed by atoms with Gasteiger partial charge in [-0.1, -0.05) is 0 Å². The number of alkyl halides is 2. The monoisotopic (exact) mass is 208 g/mol. The van der Waals surface area contributed by atoms with E-state index in [2.05, 4.69) is 4.98 Å². The first-order valence-electron chi connectivity index (χ1n) is 3.62. The summed E-state index contributed by atoms with van der Waals surface area (Å²) < 4.78 is 29.0. The third kappa shape index (κ3) is 2.68. The average molecular weight is 208 g/mol. The lowest BCUT2D eigenvalue weighted by Gasteiger charge is -2.05. The number of rotatable bonds is 4. The summed E-state index contributed by atoms with van der Waals surface area (Å²) in [4.78, 5) is 3.91. The summed E-state index contributed by atoms with van der Waals surface area (Å²) in [7, 11) is 1.52. The van der Waals surface area contributed by atoms with E-state index in [0.29, 0.717) is 11.6 Å². The van der Waals surface area contributed by atoms with Crippen LogP contribution in [0.15, 0.2) is 5.38 Å². The molecule has 74 valence electrons. The molecule has 0 bridgehead atoms. The summed E-state index contributed by atoms with van der Waals surface area (Å²) in [5.74, 6) is 0. The van der Waals surface area contributed by atoms with Crippen LogP contribution in [0.4, 0.5) is 8.78 Å². The van der Waals surface area contributed by atoms with Crippen molar-refractivity contribution in [1.82, 2.24) is 4.98 Å². The molecule has 0 spiro atoms. The highest BCUT2D eigenvalue weighted by Crippen LogP contribution is 2.20. The van der Waals surface area contributed by atoms with E-state index in [4.69, 9.17) is 10.5 Å². The summed E-state index contributed by atoms with van der Waals surface area (Å²) in [6.07, 6.45) is -2.57. The molecule has 6 heteroatoms. The van der Waals surface area contributed by atoms with Gasteiger partial charge in [-0.2, -0.15) is 0 Å². The lowest BCUT2D eigenvalue weighted by atomic mass is 10.2. The highest BCUT2D eigenvalue weighted by atomic mass is 32.1. The minimum atomic E-state index is -2.57. The van der Waals surface area contributed by atoms with Crippen LogP contribution >= 0.6 is 11.3 Å². The van der Waals surface area contributed by atoms with Crippen molar-refractivity contribution in [3.05, 3.63) is 16.1 Å². The minimum absolute atomic E-state index is 0.229. The molecule has 3 nitrogen and oxygen atoms in total. The number of hydrogen-bond donors (Lipinski definition) is 1. The van der Waals surface area contributed by atoms with Crippen LogP contribution in [0, 0.1) is 0 Å². The number of nitrogens with zero attached hydrogens (tertiary/aromatic N) is 1. The highest BCUT2D eigenvalue weighted by molar-refractivity contribution is 7.09. The van der Waals surface area contributed by atoms with E-state index in [-0.39, 0.29) is 5.69 Å². The Morgan fingerprint density at radius 2 is 2.38 bits per heavy atom. The van der Waals surface area contributed by atoms with Crippen LogP contribution in [0.2, 0.25) is 0 Å². The normalized spacial score (nSPS) is 13.6.